The van der Waals surface area contributed by atoms with Crippen LogP contribution in [0.25, 0.3) is 0 Å². The van der Waals surface area contributed by atoms with E-state index in [4.69, 9.17) is 11.6 Å². The van der Waals surface area contributed by atoms with E-state index in [0.29, 0.717) is 12.1 Å². The van der Waals surface area contributed by atoms with Crippen LogP contribution in [0.5, 0.6) is 0 Å². The van der Waals surface area contributed by atoms with E-state index in [2.05, 4.69) is 15.4 Å². The number of hydrogen-bond acceptors (Lipinski definition) is 3. The molecule has 0 heterocycles. The number of anilines is 1. The minimum atomic E-state index is -0.754. The normalized spacial score (nSPS) is 13.2. The van der Waals surface area contributed by atoms with Crippen molar-refractivity contribution in [2.45, 2.75) is 26.3 Å². The van der Waals surface area contributed by atoms with Crippen LogP contribution >= 0.6 is 11.6 Å². The molecule has 0 radical (unpaired) electrons. The second-order valence-corrected chi connectivity index (χ2v) is 5.02. The van der Waals surface area contributed by atoms with E-state index in [1.165, 1.54) is 19.2 Å². The summed E-state index contributed by atoms with van der Waals surface area (Å²) in [6, 6.07) is 2.46. The summed E-state index contributed by atoms with van der Waals surface area (Å²) in [4.78, 5) is 23.6. The molecule has 0 saturated carbocycles. The molecule has 21 heavy (non-hydrogen) atoms. The maximum atomic E-state index is 13.0. The highest BCUT2D eigenvalue weighted by Crippen LogP contribution is 2.19. The van der Waals surface area contributed by atoms with Crippen LogP contribution in [-0.2, 0) is 9.53 Å². The van der Waals surface area contributed by atoms with Gasteiger partial charge in [-0.1, -0.05) is 31.9 Å². The van der Waals surface area contributed by atoms with Crippen LogP contribution < -0.4 is 10.6 Å². The third kappa shape index (κ3) is 4.90. The number of hydrogen-bond donors (Lipinski definition) is 2. The second-order valence-electron chi connectivity index (χ2n) is 4.61. The van der Waals surface area contributed by atoms with Crippen molar-refractivity contribution in [1.82, 2.24) is 5.32 Å². The number of carbonyl (C=O) groups excluding carboxylic acids is 2. The van der Waals surface area contributed by atoms with Gasteiger partial charge >= 0.3 is 12.0 Å². The molecule has 0 aromatic heterocycles. The first-order chi connectivity index (χ1) is 9.88. The van der Waals surface area contributed by atoms with Crippen molar-refractivity contribution >= 4 is 29.3 Å². The van der Waals surface area contributed by atoms with Crippen LogP contribution in [0.1, 0.15) is 20.3 Å². The average Bonchev–Trinajstić information content (AvgIpc) is 2.47. The van der Waals surface area contributed by atoms with Gasteiger partial charge in [0.2, 0.25) is 0 Å². The van der Waals surface area contributed by atoms with Crippen molar-refractivity contribution in [3.63, 3.8) is 0 Å². The number of urea groups is 1. The Morgan fingerprint density at radius 1 is 1.43 bits per heavy atom. The standard InChI is InChI=1S/C14H18ClFN2O3/c1-4-8(2)12(13(19)21-3)18-14(20)17-9-5-6-11(16)10(15)7-9/h5-8,12H,4H2,1-3H3,(H2,17,18,20)/t8-,12+/m1/s1. The van der Waals surface area contributed by atoms with E-state index >= 15 is 0 Å². The molecule has 0 fully saturated rings. The molecule has 116 valence electrons. The Balaban J connectivity index is 2.73. The Kier molecular flexibility index (Phi) is 6.42. The molecule has 2 amide bonds. The fraction of sp³-hybridized carbons (Fsp3) is 0.429. The molecular weight excluding hydrogens is 299 g/mol. The molecule has 1 aromatic carbocycles. The molecule has 0 unspecified atom stereocenters. The molecule has 0 aliphatic rings. The SMILES string of the molecule is CC[C@@H](C)[C@H](NC(=O)Nc1ccc(F)c(Cl)c1)C(=O)OC. The summed E-state index contributed by atoms with van der Waals surface area (Å²) in [6.45, 7) is 3.73. The van der Waals surface area contributed by atoms with Crippen molar-refractivity contribution in [3.8, 4) is 0 Å². The lowest BCUT2D eigenvalue weighted by molar-refractivity contribution is -0.144. The van der Waals surface area contributed by atoms with Crippen LogP contribution in [0.4, 0.5) is 14.9 Å². The first kappa shape index (κ1) is 17.2. The Morgan fingerprint density at radius 2 is 2.10 bits per heavy atom. The fourth-order valence-electron chi connectivity index (χ4n) is 1.68. The molecular formula is C14H18ClFN2O3. The summed E-state index contributed by atoms with van der Waals surface area (Å²) in [5.74, 6) is -1.17. The summed E-state index contributed by atoms with van der Waals surface area (Å²) in [7, 11) is 1.26. The predicted molar refractivity (Wildman–Crippen MR) is 78.8 cm³/mol. The molecule has 0 spiro atoms. The maximum Gasteiger partial charge on any atom is 0.328 e. The number of esters is 1. The van der Waals surface area contributed by atoms with Crippen molar-refractivity contribution in [2.75, 3.05) is 12.4 Å². The number of carbonyl (C=O) groups is 2. The zero-order valence-electron chi connectivity index (χ0n) is 12.1. The van der Waals surface area contributed by atoms with Crippen molar-refractivity contribution in [3.05, 3.63) is 29.0 Å². The smallest absolute Gasteiger partial charge is 0.328 e. The lowest BCUT2D eigenvalue weighted by Crippen LogP contribution is -2.47. The quantitative estimate of drug-likeness (QED) is 0.820. The molecule has 7 heteroatoms. The van der Waals surface area contributed by atoms with E-state index in [9.17, 15) is 14.0 Å². The van der Waals surface area contributed by atoms with Gasteiger partial charge in [0.15, 0.2) is 0 Å². The van der Waals surface area contributed by atoms with Crippen LogP contribution in [0.15, 0.2) is 18.2 Å². The number of rotatable bonds is 5. The summed E-state index contributed by atoms with van der Waals surface area (Å²) < 4.78 is 17.7. The van der Waals surface area contributed by atoms with Gasteiger partial charge in [-0.05, 0) is 24.1 Å². The zero-order chi connectivity index (χ0) is 16.0. The topological polar surface area (TPSA) is 67.4 Å². The number of ether oxygens (including phenoxy) is 1. The summed E-state index contributed by atoms with van der Waals surface area (Å²) in [5.41, 5.74) is 0.326. The van der Waals surface area contributed by atoms with Crippen molar-refractivity contribution in [2.24, 2.45) is 5.92 Å². The van der Waals surface area contributed by atoms with Crippen LogP contribution in [0.2, 0.25) is 5.02 Å². The van der Waals surface area contributed by atoms with Gasteiger partial charge in [-0.2, -0.15) is 0 Å². The zero-order valence-corrected chi connectivity index (χ0v) is 12.8. The summed E-state index contributed by atoms with van der Waals surface area (Å²) >= 11 is 5.63. The molecule has 0 aliphatic heterocycles. The lowest BCUT2D eigenvalue weighted by Gasteiger charge is -2.22. The monoisotopic (exact) mass is 316 g/mol. The predicted octanol–water partition coefficient (Wildman–Crippen LogP) is 3.19. The van der Waals surface area contributed by atoms with Crippen LogP contribution in [-0.4, -0.2) is 25.2 Å². The molecule has 0 bridgehead atoms. The molecule has 5 nitrogen and oxygen atoms in total. The number of benzene rings is 1. The Labute approximate surface area is 127 Å². The summed E-state index contributed by atoms with van der Waals surface area (Å²) in [5, 5.41) is 4.93. The molecule has 0 saturated heterocycles. The van der Waals surface area contributed by atoms with E-state index in [0.717, 1.165) is 6.07 Å². The van der Waals surface area contributed by atoms with Crippen LogP contribution in [0, 0.1) is 11.7 Å². The highest BCUT2D eigenvalue weighted by atomic mass is 35.5. The van der Waals surface area contributed by atoms with Crippen molar-refractivity contribution < 1.29 is 18.7 Å². The van der Waals surface area contributed by atoms with Gasteiger partial charge < -0.3 is 15.4 Å². The minimum Gasteiger partial charge on any atom is -0.467 e. The van der Waals surface area contributed by atoms with Gasteiger partial charge in [0, 0.05) is 5.69 Å². The second kappa shape index (κ2) is 7.83. The Hall–Kier alpha value is -1.82. The first-order valence-electron chi connectivity index (χ1n) is 6.49. The molecule has 2 atom stereocenters. The fourth-order valence-corrected chi connectivity index (χ4v) is 1.86. The number of nitrogens with one attached hydrogen (secondary N) is 2. The highest BCUT2D eigenvalue weighted by Gasteiger charge is 2.26. The van der Waals surface area contributed by atoms with Gasteiger partial charge in [0.25, 0.3) is 0 Å². The Morgan fingerprint density at radius 3 is 2.62 bits per heavy atom. The largest absolute Gasteiger partial charge is 0.467 e. The number of methoxy groups -OCH3 is 1. The van der Waals surface area contributed by atoms with Gasteiger partial charge in [0.05, 0.1) is 12.1 Å². The maximum absolute atomic E-state index is 13.0. The van der Waals surface area contributed by atoms with E-state index in [1.807, 2.05) is 13.8 Å². The van der Waals surface area contributed by atoms with E-state index in [1.54, 1.807) is 0 Å². The highest BCUT2D eigenvalue weighted by molar-refractivity contribution is 6.31. The van der Waals surface area contributed by atoms with Gasteiger partial charge in [-0.3, -0.25) is 0 Å². The van der Waals surface area contributed by atoms with E-state index in [-0.39, 0.29) is 10.9 Å². The van der Waals surface area contributed by atoms with Gasteiger partial charge in [-0.15, -0.1) is 0 Å². The van der Waals surface area contributed by atoms with Gasteiger partial charge in [-0.25, -0.2) is 14.0 Å². The summed E-state index contributed by atoms with van der Waals surface area (Å²) in [6.07, 6.45) is 0.697. The third-order valence-electron chi connectivity index (χ3n) is 3.13. The molecule has 0 aliphatic carbocycles. The number of halogens is 2. The minimum absolute atomic E-state index is 0.0833. The number of amides is 2. The van der Waals surface area contributed by atoms with E-state index < -0.39 is 23.9 Å². The molecule has 1 rings (SSSR count). The van der Waals surface area contributed by atoms with Gasteiger partial charge in [0.1, 0.15) is 11.9 Å². The third-order valence-corrected chi connectivity index (χ3v) is 3.42. The Bertz CT molecular complexity index is 525. The first-order valence-corrected chi connectivity index (χ1v) is 6.87. The average molecular weight is 317 g/mol. The van der Waals surface area contributed by atoms with Crippen LogP contribution in [0.3, 0.4) is 0 Å². The van der Waals surface area contributed by atoms with Crippen molar-refractivity contribution in [1.29, 1.82) is 0 Å². The molecule has 2 N–H and O–H groups in total. The lowest BCUT2D eigenvalue weighted by atomic mass is 9.99. The molecule has 1 aromatic rings.